The van der Waals surface area contributed by atoms with Gasteiger partial charge in [0.05, 0.1) is 6.54 Å². The summed E-state index contributed by atoms with van der Waals surface area (Å²) in [5.74, 6) is -0.524. The van der Waals surface area contributed by atoms with Crippen molar-refractivity contribution in [2.45, 2.75) is 0 Å². The maximum Gasteiger partial charge on any atom is 0.253 e. The quantitative estimate of drug-likeness (QED) is 0.928. The molecule has 25 heavy (non-hydrogen) atoms. The summed E-state index contributed by atoms with van der Waals surface area (Å²) in [5.41, 5.74) is 1.26. The summed E-state index contributed by atoms with van der Waals surface area (Å²) in [7, 11) is 0. The maximum absolute atomic E-state index is 13.0. The van der Waals surface area contributed by atoms with Crippen molar-refractivity contribution in [3.05, 3.63) is 66.0 Å². The molecule has 0 unspecified atom stereocenters. The van der Waals surface area contributed by atoms with Crippen LogP contribution in [-0.4, -0.2) is 54.3 Å². The summed E-state index contributed by atoms with van der Waals surface area (Å²) in [6.07, 6.45) is 0. The number of carbonyl (C=O) groups is 2. The summed E-state index contributed by atoms with van der Waals surface area (Å²) in [5, 5.41) is 2.86. The number of amides is 2. The zero-order valence-electron chi connectivity index (χ0n) is 13.8. The van der Waals surface area contributed by atoms with Crippen molar-refractivity contribution in [1.82, 2.24) is 9.80 Å². The molecule has 1 heterocycles. The second kappa shape index (κ2) is 7.90. The van der Waals surface area contributed by atoms with Crippen molar-refractivity contribution in [2.24, 2.45) is 0 Å². The SMILES string of the molecule is O=C(CN1CCN(C(=O)c2ccc(F)cc2)CC1)Nc1ccccc1. The lowest BCUT2D eigenvalue weighted by atomic mass is 10.2. The van der Waals surface area contributed by atoms with Crippen molar-refractivity contribution < 1.29 is 14.0 Å². The standard InChI is InChI=1S/C19H20FN3O2/c20-16-8-6-15(7-9-16)19(25)23-12-10-22(11-13-23)14-18(24)21-17-4-2-1-3-5-17/h1-9H,10-14H2,(H,21,24). The van der Waals surface area contributed by atoms with Gasteiger partial charge < -0.3 is 10.2 Å². The fraction of sp³-hybridized carbons (Fsp3) is 0.263. The molecule has 2 amide bonds. The van der Waals surface area contributed by atoms with Crippen LogP contribution in [0.2, 0.25) is 0 Å². The van der Waals surface area contributed by atoms with Crippen LogP contribution in [0.25, 0.3) is 0 Å². The second-order valence-electron chi connectivity index (χ2n) is 5.99. The van der Waals surface area contributed by atoms with E-state index in [9.17, 15) is 14.0 Å². The highest BCUT2D eigenvalue weighted by Crippen LogP contribution is 2.10. The van der Waals surface area contributed by atoms with E-state index in [4.69, 9.17) is 0 Å². The van der Waals surface area contributed by atoms with Crippen molar-refractivity contribution in [1.29, 1.82) is 0 Å². The predicted octanol–water partition coefficient (Wildman–Crippen LogP) is 2.22. The average molecular weight is 341 g/mol. The number of hydrogen-bond donors (Lipinski definition) is 1. The highest BCUT2D eigenvalue weighted by molar-refractivity contribution is 5.94. The zero-order chi connectivity index (χ0) is 17.6. The Bertz CT molecular complexity index is 726. The molecule has 6 heteroatoms. The zero-order valence-corrected chi connectivity index (χ0v) is 13.8. The largest absolute Gasteiger partial charge is 0.336 e. The third kappa shape index (κ3) is 4.64. The number of hydrogen-bond acceptors (Lipinski definition) is 3. The van der Waals surface area contributed by atoms with E-state index in [2.05, 4.69) is 5.32 Å². The fourth-order valence-electron chi connectivity index (χ4n) is 2.81. The Hall–Kier alpha value is -2.73. The molecule has 1 fully saturated rings. The van der Waals surface area contributed by atoms with E-state index in [1.165, 1.54) is 24.3 Å². The number of carbonyl (C=O) groups excluding carboxylic acids is 2. The van der Waals surface area contributed by atoms with Crippen molar-refractivity contribution >= 4 is 17.5 Å². The van der Waals surface area contributed by atoms with Crippen LogP contribution in [0.3, 0.4) is 0 Å². The fourth-order valence-corrected chi connectivity index (χ4v) is 2.81. The molecule has 0 bridgehead atoms. The van der Waals surface area contributed by atoms with Crippen LogP contribution < -0.4 is 5.32 Å². The van der Waals surface area contributed by atoms with Gasteiger partial charge in [-0.15, -0.1) is 0 Å². The lowest BCUT2D eigenvalue weighted by Gasteiger charge is -2.34. The van der Waals surface area contributed by atoms with Crippen molar-refractivity contribution in [2.75, 3.05) is 38.0 Å². The summed E-state index contributed by atoms with van der Waals surface area (Å²) < 4.78 is 13.0. The predicted molar refractivity (Wildman–Crippen MR) is 93.8 cm³/mol. The van der Waals surface area contributed by atoms with Gasteiger partial charge in [-0.25, -0.2) is 4.39 Å². The Kier molecular flexibility index (Phi) is 5.40. The second-order valence-corrected chi connectivity index (χ2v) is 5.99. The first-order valence-corrected chi connectivity index (χ1v) is 8.24. The monoisotopic (exact) mass is 341 g/mol. The number of benzene rings is 2. The van der Waals surface area contributed by atoms with Gasteiger partial charge in [0.2, 0.25) is 5.91 Å². The van der Waals surface area contributed by atoms with Gasteiger partial charge in [0, 0.05) is 37.4 Å². The molecule has 0 radical (unpaired) electrons. The molecule has 0 atom stereocenters. The minimum Gasteiger partial charge on any atom is -0.336 e. The van der Waals surface area contributed by atoms with E-state index in [1.807, 2.05) is 35.2 Å². The Morgan fingerprint density at radius 3 is 2.20 bits per heavy atom. The number of piperazine rings is 1. The molecule has 0 aliphatic carbocycles. The number of anilines is 1. The van der Waals surface area contributed by atoms with Crippen molar-refractivity contribution in [3.63, 3.8) is 0 Å². The highest BCUT2D eigenvalue weighted by atomic mass is 19.1. The molecule has 1 aliphatic heterocycles. The maximum atomic E-state index is 13.0. The summed E-state index contributed by atoms with van der Waals surface area (Å²) in [6, 6.07) is 14.9. The minimum atomic E-state index is -0.356. The van der Waals surface area contributed by atoms with E-state index in [0.717, 1.165) is 5.69 Å². The Morgan fingerprint density at radius 2 is 1.56 bits per heavy atom. The molecule has 130 valence electrons. The molecule has 2 aromatic rings. The third-order valence-electron chi connectivity index (χ3n) is 4.18. The first kappa shape index (κ1) is 17.1. The molecule has 2 aromatic carbocycles. The minimum absolute atomic E-state index is 0.0653. The summed E-state index contributed by atoms with van der Waals surface area (Å²) in [4.78, 5) is 28.2. The van der Waals surface area contributed by atoms with Gasteiger partial charge in [0.25, 0.3) is 5.91 Å². The highest BCUT2D eigenvalue weighted by Gasteiger charge is 2.23. The van der Waals surface area contributed by atoms with E-state index < -0.39 is 0 Å². The van der Waals surface area contributed by atoms with Gasteiger partial charge in [-0.1, -0.05) is 18.2 Å². The third-order valence-corrected chi connectivity index (χ3v) is 4.18. The van der Waals surface area contributed by atoms with Gasteiger partial charge >= 0.3 is 0 Å². The molecule has 1 N–H and O–H groups in total. The molecule has 0 spiro atoms. The number of nitrogens with one attached hydrogen (secondary N) is 1. The average Bonchev–Trinajstić information content (AvgIpc) is 2.63. The molecule has 0 saturated carbocycles. The molecule has 0 aromatic heterocycles. The normalized spacial score (nSPS) is 15.0. The summed E-state index contributed by atoms with van der Waals surface area (Å²) >= 11 is 0. The first-order chi connectivity index (χ1) is 12.1. The van der Waals surface area contributed by atoms with E-state index in [0.29, 0.717) is 38.3 Å². The number of para-hydroxylation sites is 1. The summed E-state index contributed by atoms with van der Waals surface area (Å²) in [6.45, 7) is 2.67. The Balaban J connectivity index is 1.47. The Morgan fingerprint density at radius 1 is 0.920 bits per heavy atom. The Labute approximate surface area is 146 Å². The molecule has 1 saturated heterocycles. The van der Waals surface area contributed by atoms with Crippen LogP contribution in [0.4, 0.5) is 10.1 Å². The van der Waals surface area contributed by atoms with E-state index >= 15 is 0 Å². The van der Waals surface area contributed by atoms with Crippen LogP contribution >= 0.6 is 0 Å². The molecular formula is C19H20FN3O2. The smallest absolute Gasteiger partial charge is 0.253 e. The van der Waals surface area contributed by atoms with E-state index in [1.54, 1.807) is 4.90 Å². The van der Waals surface area contributed by atoms with Crippen molar-refractivity contribution in [3.8, 4) is 0 Å². The lowest BCUT2D eigenvalue weighted by molar-refractivity contribution is -0.117. The van der Waals surface area contributed by atoms with Crippen LogP contribution in [0.15, 0.2) is 54.6 Å². The van der Waals surface area contributed by atoms with Crippen LogP contribution in [0.1, 0.15) is 10.4 Å². The van der Waals surface area contributed by atoms with Gasteiger partial charge in [-0.3, -0.25) is 14.5 Å². The van der Waals surface area contributed by atoms with Crippen LogP contribution in [0.5, 0.6) is 0 Å². The molecule has 3 rings (SSSR count). The topological polar surface area (TPSA) is 52.7 Å². The van der Waals surface area contributed by atoms with Crippen LogP contribution in [-0.2, 0) is 4.79 Å². The van der Waals surface area contributed by atoms with Gasteiger partial charge in [-0.05, 0) is 36.4 Å². The van der Waals surface area contributed by atoms with Gasteiger partial charge in [-0.2, -0.15) is 0 Å². The number of nitrogens with zero attached hydrogens (tertiary/aromatic N) is 2. The first-order valence-electron chi connectivity index (χ1n) is 8.24. The number of halogens is 1. The van der Waals surface area contributed by atoms with Crippen LogP contribution in [0, 0.1) is 5.82 Å². The van der Waals surface area contributed by atoms with Gasteiger partial charge in [0.15, 0.2) is 0 Å². The lowest BCUT2D eigenvalue weighted by Crippen LogP contribution is -2.50. The number of rotatable bonds is 4. The molecular weight excluding hydrogens is 321 g/mol. The van der Waals surface area contributed by atoms with Gasteiger partial charge in [0.1, 0.15) is 5.82 Å². The molecule has 5 nitrogen and oxygen atoms in total. The molecule has 1 aliphatic rings. The van der Waals surface area contributed by atoms with E-state index in [-0.39, 0.29) is 17.6 Å².